The number of hydrogen-bond acceptors (Lipinski definition) is 3. The first kappa shape index (κ1) is 20.4. The van der Waals surface area contributed by atoms with E-state index in [4.69, 9.17) is 0 Å². The molecule has 156 valence electrons. The lowest BCUT2D eigenvalue weighted by atomic mass is 9.61. The van der Waals surface area contributed by atoms with Crippen molar-refractivity contribution in [3.63, 3.8) is 0 Å². The van der Waals surface area contributed by atoms with E-state index < -0.39 is 0 Å². The predicted molar refractivity (Wildman–Crippen MR) is 121 cm³/mol. The molecule has 1 fully saturated rings. The zero-order chi connectivity index (χ0) is 20.8. The van der Waals surface area contributed by atoms with Gasteiger partial charge in [0, 0.05) is 17.5 Å². The second kappa shape index (κ2) is 7.45. The van der Waals surface area contributed by atoms with Gasteiger partial charge in [0.15, 0.2) is 0 Å². The Kier molecular flexibility index (Phi) is 5.25. The van der Waals surface area contributed by atoms with Gasteiger partial charge in [0.2, 0.25) is 0 Å². The van der Waals surface area contributed by atoms with Crippen LogP contribution in [0.4, 0.5) is 0 Å². The highest BCUT2D eigenvalue weighted by atomic mass is 16.3. The highest BCUT2D eigenvalue weighted by molar-refractivity contribution is 5.45. The number of piperidine rings is 1. The number of aromatic hydroxyl groups is 1. The third kappa shape index (κ3) is 3.83. The number of fused-ring (bicyclic) bond motifs is 4. The van der Waals surface area contributed by atoms with E-state index in [2.05, 4.69) is 75.3 Å². The summed E-state index contributed by atoms with van der Waals surface area (Å²) in [4.78, 5) is 2.52. The predicted octanol–water partition coefficient (Wildman–Crippen LogP) is 4.41. The van der Waals surface area contributed by atoms with E-state index in [9.17, 15) is 5.11 Å². The molecule has 3 heteroatoms. The maximum atomic E-state index is 10.1. The van der Waals surface area contributed by atoms with Gasteiger partial charge in [0.25, 0.3) is 0 Å². The Morgan fingerprint density at radius 2 is 1.86 bits per heavy atom. The van der Waals surface area contributed by atoms with Crippen LogP contribution in [0.25, 0.3) is 0 Å². The fraction of sp³-hybridized carbons (Fsp3) is 0.538. The van der Waals surface area contributed by atoms with Crippen molar-refractivity contribution in [2.24, 2.45) is 0 Å². The number of phenols is 1. The van der Waals surface area contributed by atoms with E-state index >= 15 is 0 Å². The van der Waals surface area contributed by atoms with E-state index in [1.165, 1.54) is 22.3 Å². The number of phenolic OH excluding ortho intramolecular Hbond substituents is 1. The largest absolute Gasteiger partial charge is 0.508 e. The number of nitrogens with zero attached hydrogens (tertiary/aromatic N) is 1. The molecule has 1 saturated heterocycles. The Hall–Kier alpha value is -1.84. The Balaban J connectivity index is 1.49. The van der Waals surface area contributed by atoms with Crippen molar-refractivity contribution in [2.75, 3.05) is 20.1 Å². The number of rotatable bonds is 4. The minimum Gasteiger partial charge on any atom is -0.508 e. The summed E-state index contributed by atoms with van der Waals surface area (Å²) < 4.78 is 0. The molecule has 1 heterocycles. The maximum absolute atomic E-state index is 10.1. The molecule has 3 nitrogen and oxygen atoms in total. The topological polar surface area (TPSA) is 35.5 Å². The first-order valence-electron chi connectivity index (χ1n) is 11.0. The fourth-order valence-electron chi connectivity index (χ4n) is 5.39. The summed E-state index contributed by atoms with van der Waals surface area (Å²) in [6.07, 6.45) is 3.22. The van der Waals surface area contributed by atoms with Crippen molar-refractivity contribution in [3.8, 4) is 5.75 Å². The van der Waals surface area contributed by atoms with Crippen molar-refractivity contribution in [3.05, 3.63) is 64.7 Å². The second-order valence-corrected chi connectivity index (χ2v) is 10.4. The molecule has 29 heavy (non-hydrogen) atoms. The van der Waals surface area contributed by atoms with Crippen molar-refractivity contribution in [1.82, 2.24) is 10.2 Å². The lowest BCUT2D eigenvalue weighted by Gasteiger charge is -2.55. The zero-order valence-corrected chi connectivity index (χ0v) is 18.6. The van der Waals surface area contributed by atoms with Crippen LogP contribution in [0.3, 0.4) is 0 Å². The first-order valence-corrected chi connectivity index (χ1v) is 11.0. The molecule has 1 aliphatic heterocycles. The molecular weight excluding hydrogens is 356 g/mol. The van der Waals surface area contributed by atoms with Gasteiger partial charge in [-0.25, -0.2) is 0 Å². The molecule has 2 aromatic carbocycles. The minimum atomic E-state index is 0.0690. The third-order valence-corrected chi connectivity index (χ3v) is 7.36. The van der Waals surface area contributed by atoms with Crippen molar-refractivity contribution >= 4 is 0 Å². The minimum absolute atomic E-state index is 0.0690. The monoisotopic (exact) mass is 392 g/mol. The molecule has 2 aromatic rings. The van der Waals surface area contributed by atoms with Crippen LogP contribution in [0.15, 0.2) is 42.5 Å². The van der Waals surface area contributed by atoms with Crippen LogP contribution in [0.1, 0.15) is 56.4 Å². The standard InChI is InChI=1S/C26H36N2O/c1-25(2,3)20-9-6-18(7-10-20)12-14-27-24-23-16-19-8-11-21(29)17-22(19)26(24,4)13-15-28(23)5/h6-11,17,23-24,27,29H,12-16H2,1-5H3/t23-,24-,26-/m1/s1. The molecule has 0 saturated carbocycles. The summed E-state index contributed by atoms with van der Waals surface area (Å²) in [5.41, 5.74) is 5.80. The molecule has 0 spiro atoms. The molecule has 1 aliphatic carbocycles. The van der Waals surface area contributed by atoms with Crippen LogP contribution < -0.4 is 5.32 Å². The van der Waals surface area contributed by atoms with Gasteiger partial charge in [-0.3, -0.25) is 0 Å². The fourth-order valence-corrected chi connectivity index (χ4v) is 5.39. The molecule has 3 atom stereocenters. The van der Waals surface area contributed by atoms with E-state index in [-0.39, 0.29) is 10.8 Å². The van der Waals surface area contributed by atoms with Crippen molar-refractivity contribution < 1.29 is 5.11 Å². The van der Waals surface area contributed by atoms with Crippen LogP contribution in [0.2, 0.25) is 0 Å². The lowest BCUT2D eigenvalue weighted by Crippen LogP contribution is -2.66. The molecule has 4 rings (SSSR count). The summed E-state index contributed by atoms with van der Waals surface area (Å²) in [6.45, 7) is 11.3. The SMILES string of the molecule is CN1CC[C@]2(C)c3cc(O)ccc3C[C@@H]1[C@H]2NCCc1ccc(C(C)(C)C)cc1. The molecule has 2 aliphatic rings. The molecular formula is C26H36N2O. The van der Waals surface area contributed by atoms with Gasteiger partial charge in [-0.1, -0.05) is 58.0 Å². The van der Waals surface area contributed by atoms with Gasteiger partial charge in [0.05, 0.1) is 0 Å². The molecule has 0 radical (unpaired) electrons. The Labute approximate surface area is 176 Å². The lowest BCUT2D eigenvalue weighted by molar-refractivity contribution is 0.0663. The van der Waals surface area contributed by atoms with Gasteiger partial charge in [-0.05, 0) is 79.2 Å². The van der Waals surface area contributed by atoms with E-state index in [1.54, 1.807) is 0 Å². The van der Waals surface area contributed by atoms with Crippen LogP contribution >= 0.6 is 0 Å². The van der Waals surface area contributed by atoms with Crippen LogP contribution in [-0.4, -0.2) is 42.2 Å². The maximum Gasteiger partial charge on any atom is 0.115 e. The molecule has 0 aromatic heterocycles. The van der Waals surface area contributed by atoms with Gasteiger partial charge in [0.1, 0.15) is 5.75 Å². The smallest absolute Gasteiger partial charge is 0.115 e. The molecule has 0 amide bonds. The Morgan fingerprint density at radius 1 is 1.14 bits per heavy atom. The highest BCUT2D eigenvalue weighted by Gasteiger charge is 2.49. The van der Waals surface area contributed by atoms with Crippen molar-refractivity contribution in [1.29, 1.82) is 0 Å². The number of hydrogen-bond donors (Lipinski definition) is 2. The first-order chi connectivity index (χ1) is 13.7. The summed E-state index contributed by atoms with van der Waals surface area (Å²) in [5.74, 6) is 0.389. The second-order valence-electron chi connectivity index (χ2n) is 10.4. The third-order valence-electron chi connectivity index (χ3n) is 7.36. The van der Waals surface area contributed by atoms with Crippen LogP contribution in [0.5, 0.6) is 5.75 Å². The van der Waals surface area contributed by atoms with E-state index in [1.807, 2.05) is 12.1 Å². The highest BCUT2D eigenvalue weighted by Crippen LogP contribution is 2.45. The molecule has 0 unspecified atom stereocenters. The van der Waals surface area contributed by atoms with Gasteiger partial charge in [-0.2, -0.15) is 0 Å². The van der Waals surface area contributed by atoms with E-state index in [0.717, 1.165) is 32.4 Å². The van der Waals surface area contributed by atoms with Gasteiger partial charge < -0.3 is 15.3 Å². The number of likely N-dealkylation sites (N-methyl/N-ethyl adjacent to an activating group) is 1. The quantitative estimate of drug-likeness (QED) is 0.809. The summed E-state index contributed by atoms with van der Waals surface area (Å²) in [6, 6.07) is 16.0. The van der Waals surface area contributed by atoms with Crippen molar-refractivity contribution in [2.45, 2.75) is 69.9 Å². The number of benzene rings is 2. The Bertz CT molecular complexity index is 867. The summed E-state index contributed by atoms with van der Waals surface area (Å²) >= 11 is 0. The normalized spacial score (nSPS) is 26.9. The Morgan fingerprint density at radius 3 is 2.55 bits per heavy atom. The van der Waals surface area contributed by atoms with Gasteiger partial charge >= 0.3 is 0 Å². The average molecular weight is 393 g/mol. The number of nitrogens with one attached hydrogen (secondary N) is 1. The number of likely N-dealkylation sites (tertiary alicyclic amines) is 1. The van der Waals surface area contributed by atoms with Crippen LogP contribution in [0, 0.1) is 0 Å². The van der Waals surface area contributed by atoms with Gasteiger partial charge in [-0.15, -0.1) is 0 Å². The summed E-state index contributed by atoms with van der Waals surface area (Å²) in [5, 5.41) is 14.0. The molecule has 2 bridgehead atoms. The zero-order valence-electron chi connectivity index (χ0n) is 18.6. The average Bonchev–Trinajstić information content (AvgIpc) is 2.67. The molecule has 2 N–H and O–H groups in total. The van der Waals surface area contributed by atoms with E-state index in [0.29, 0.717) is 17.8 Å². The summed E-state index contributed by atoms with van der Waals surface area (Å²) in [7, 11) is 2.26. The van der Waals surface area contributed by atoms with Crippen LogP contribution in [-0.2, 0) is 23.7 Å².